The Morgan fingerprint density at radius 1 is 1.58 bits per heavy atom. The lowest BCUT2D eigenvalue weighted by Gasteiger charge is -2.09. The molecule has 0 fully saturated rings. The second-order valence-electron chi connectivity index (χ2n) is 4.48. The highest BCUT2D eigenvalue weighted by Gasteiger charge is 2.20. The van der Waals surface area contributed by atoms with E-state index in [1.165, 1.54) is 12.1 Å². The summed E-state index contributed by atoms with van der Waals surface area (Å²) in [4.78, 5) is 13.9. The van der Waals surface area contributed by atoms with Gasteiger partial charge in [-0.25, -0.2) is 4.39 Å². The normalized spacial score (nSPS) is 12.8. The van der Waals surface area contributed by atoms with Crippen molar-refractivity contribution in [1.82, 2.24) is 4.98 Å². The standard InChI is InChI=1S/C13H14ClFN2O2/c1-2-6(13(18)19)3-8-7-4-9(14)10(15)5-11(7)17-12(8)16/h4-6,17H,2-3,16H2,1H3,(H,18,19). The number of halogens is 2. The highest BCUT2D eigenvalue weighted by Crippen LogP contribution is 2.31. The van der Waals surface area contributed by atoms with Gasteiger partial charge in [-0.1, -0.05) is 18.5 Å². The highest BCUT2D eigenvalue weighted by atomic mass is 35.5. The van der Waals surface area contributed by atoms with Crippen molar-refractivity contribution in [3.63, 3.8) is 0 Å². The first-order chi connectivity index (χ1) is 8.93. The van der Waals surface area contributed by atoms with Crippen molar-refractivity contribution in [2.24, 2.45) is 5.92 Å². The number of carboxylic acid groups (broad SMARTS) is 1. The first kappa shape index (κ1) is 13.7. The number of anilines is 1. The Bertz CT molecular complexity index is 639. The number of aromatic nitrogens is 1. The molecule has 0 saturated carbocycles. The number of nitrogens with one attached hydrogen (secondary N) is 1. The molecule has 0 saturated heterocycles. The molecule has 0 amide bonds. The van der Waals surface area contributed by atoms with Gasteiger partial charge in [0, 0.05) is 10.9 Å². The van der Waals surface area contributed by atoms with Crippen LogP contribution in [0.3, 0.4) is 0 Å². The van der Waals surface area contributed by atoms with Gasteiger partial charge in [-0.05, 0) is 25.0 Å². The highest BCUT2D eigenvalue weighted by molar-refractivity contribution is 6.31. The van der Waals surface area contributed by atoms with Crippen LogP contribution < -0.4 is 5.73 Å². The molecule has 4 nitrogen and oxygen atoms in total. The molecule has 1 atom stereocenters. The number of aliphatic carboxylic acids is 1. The molecular weight excluding hydrogens is 271 g/mol. The van der Waals surface area contributed by atoms with Crippen LogP contribution in [-0.2, 0) is 11.2 Å². The lowest BCUT2D eigenvalue weighted by molar-refractivity contribution is -0.141. The third-order valence-corrected chi connectivity index (χ3v) is 3.56. The third-order valence-electron chi connectivity index (χ3n) is 3.27. The van der Waals surface area contributed by atoms with Gasteiger partial charge >= 0.3 is 5.97 Å². The molecule has 0 aliphatic carbocycles. The van der Waals surface area contributed by atoms with Gasteiger partial charge in [-0.3, -0.25) is 4.79 Å². The second-order valence-corrected chi connectivity index (χ2v) is 4.88. The average Bonchev–Trinajstić information content (AvgIpc) is 2.62. The zero-order valence-corrected chi connectivity index (χ0v) is 11.1. The van der Waals surface area contributed by atoms with Crippen LogP contribution in [0, 0.1) is 11.7 Å². The lowest BCUT2D eigenvalue weighted by Crippen LogP contribution is -2.15. The number of aromatic amines is 1. The van der Waals surface area contributed by atoms with Gasteiger partial charge in [0.15, 0.2) is 0 Å². The molecule has 2 aromatic rings. The van der Waals surface area contributed by atoms with Gasteiger partial charge in [0.25, 0.3) is 0 Å². The Morgan fingerprint density at radius 2 is 2.26 bits per heavy atom. The number of benzene rings is 1. The van der Waals surface area contributed by atoms with E-state index >= 15 is 0 Å². The molecule has 6 heteroatoms. The Kier molecular flexibility index (Phi) is 3.66. The molecule has 0 aliphatic rings. The summed E-state index contributed by atoms with van der Waals surface area (Å²) in [5.41, 5.74) is 7.04. The van der Waals surface area contributed by atoms with Crippen LogP contribution in [0.2, 0.25) is 5.02 Å². The molecule has 4 N–H and O–H groups in total. The van der Waals surface area contributed by atoms with E-state index in [9.17, 15) is 9.18 Å². The predicted octanol–water partition coefficient (Wildman–Crippen LogP) is 3.20. The average molecular weight is 285 g/mol. The molecule has 1 aromatic heterocycles. The van der Waals surface area contributed by atoms with Crippen molar-refractivity contribution in [3.05, 3.63) is 28.5 Å². The van der Waals surface area contributed by atoms with Crippen molar-refractivity contribution in [3.8, 4) is 0 Å². The van der Waals surface area contributed by atoms with Crippen LogP contribution in [0.4, 0.5) is 10.2 Å². The molecule has 1 unspecified atom stereocenters. The van der Waals surface area contributed by atoms with E-state index in [-0.39, 0.29) is 5.02 Å². The van der Waals surface area contributed by atoms with Crippen LogP contribution in [0.25, 0.3) is 10.9 Å². The van der Waals surface area contributed by atoms with Crippen LogP contribution in [0.1, 0.15) is 18.9 Å². The first-order valence-electron chi connectivity index (χ1n) is 5.91. The van der Waals surface area contributed by atoms with Crippen molar-refractivity contribution in [2.45, 2.75) is 19.8 Å². The minimum atomic E-state index is -0.871. The van der Waals surface area contributed by atoms with E-state index in [1.54, 1.807) is 6.92 Å². The number of carbonyl (C=O) groups is 1. The largest absolute Gasteiger partial charge is 0.481 e. The minimum Gasteiger partial charge on any atom is -0.481 e. The van der Waals surface area contributed by atoms with Gasteiger partial charge in [0.1, 0.15) is 11.6 Å². The number of carboxylic acids is 1. The van der Waals surface area contributed by atoms with Crippen molar-refractivity contribution < 1.29 is 14.3 Å². The summed E-state index contributed by atoms with van der Waals surface area (Å²) in [5, 5.41) is 9.76. The van der Waals surface area contributed by atoms with E-state index in [2.05, 4.69) is 4.98 Å². The Labute approximate surface area is 114 Å². The number of H-pyrrole nitrogens is 1. The van der Waals surface area contributed by atoms with Crippen molar-refractivity contribution in [1.29, 1.82) is 0 Å². The monoisotopic (exact) mass is 284 g/mol. The summed E-state index contributed by atoms with van der Waals surface area (Å²) >= 11 is 5.76. The molecule has 0 bridgehead atoms. The molecular formula is C13H14ClFN2O2. The summed E-state index contributed by atoms with van der Waals surface area (Å²) in [7, 11) is 0. The Hall–Kier alpha value is -1.75. The van der Waals surface area contributed by atoms with E-state index in [4.69, 9.17) is 22.4 Å². The van der Waals surface area contributed by atoms with Gasteiger partial charge in [0.05, 0.1) is 16.5 Å². The molecule has 0 radical (unpaired) electrons. The second kappa shape index (κ2) is 5.09. The van der Waals surface area contributed by atoms with Crippen LogP contribution in [0.15, 0.2) is 12.1 Å². The lowest BCUT2D eigenvalue weighted by atomic mass is 9.96. The zero-order valence-electron chi connectivity index (χ0n) is 10.3. The minimum absolute atomic E-state index is 0.00359. The maximum Gasteiger partial charge on any atom is 0.306 e. The summed E-state index contributed by atoms with van der Waals surface area (Å²) in [6.07, 6.45) is 0.788. The Morgan fingerprint density at radius 3 is 2.84 bits per heavy atom. The number of fused-ring (bicyclic) bond motifs is 1. The van der Waals surface area contributed by atoms with Gasteiger partial charge in [-0.2, -0.15) is 0 Å². The number of rotatable bonds is 4. The van der Waals surface area contributed by atoms with Crippen LogP contribution >= 0.6 is 11.6 Å². The topological polar surface area (TPSA) is 79.1 Å². The van der Waals surface area contributed by atoms with Gasteiger partial charge in [0.2, 0.25) is 0 Å². The van der Waals surface area contributed by atoms with Crippen LogP contribution in [0.5, 0.6) is 0 Å². The number of hydrogen-bond donors (Lipinski definition) is 3. The molecule has 102 valence electrons. The smallest absolute Gasteiger partial charge is 0.306 e. The van der Waals surface area contributed by atoms with E-state index in [1.807, 2.05) is 0 Å². The van der Waals surface area contributed by atoms with Crippen LogP contribution in [-0.4, -0.2) is 16.1 Å². The number of hydrogen-bond acceptors (Lipinski definition) is 2. The maximum atomic E-state index is 13.4. The molecule has 0 aliphatic heterocycles. The summed E-state index contributed by atoms with van der Waals surface area (Å²) in [6, 6.07) is 2.74. The predicted molar refractivity (Wildman–Crippen MR) is 72.8 cm³/mol. The van der Waals surface area contributed by atoms with Gasteiger partial charge in [-0.15, -0.1) is 0 Å². The molecule has 0 spiro atoms. The van der Waals surface area contributed by atoms with E-state index in [0.717, 1.165) is 0 Å². The van der Waals surface area contributed by atoms with Gasteiger partial charge < -0.3 is 15.8 Å². The van der Waals surface area contributed by atoms with Crippen molar-refractivity contribution in [2.75, 3.05) is 5.73 Å². The summed E-state index contributed by atoms with van der Waals surface area (Å²) in [5.74, 6) is -1.57. The van der Waals surface area contributed by atoms with Crippen molar-refractivity contribution >= 4 is 34.3 Å². The zero-order chi connectivity index (χ0) is 14.2. The fourth-order valence-corrected chi connectivity index (χ4v) is 2.30. The third kappa shape index (κ3) is 2.51. The summed E-state index contributed by atoms with van der Waals surface area (Å²) in [6.45, 7) is 1.80. The first-order valence-corrected chi connectivity index (χ1v) is 6.29. The number of nitrogen functional groups attached to an aromatic ring is 1. The fourth-order valence-electron chi connectivity index (χ4n) is 2.14. The molecule has 2 rings (SSSR count). The fraction of sp³-hybridized carbons (Fsp3) is 0.308. The molecule has 19 heavy (non-hydrogen) atoms. The number of nitrogens with two attached hydrogens (primary N) is 1. The maximum absolute atomic E-state index is 13.4. The Balaban J connectivity index is 2.50. The SMILES string of the molecule is CCC(Cc1c(N)[nH]c2cc(F)c(Cl)cc12)C(=O)O. The van der Waals surface area contributed by atoms with E-state index < -0.39 is 17.7 Å². The molecule has 1 aromatic carbocycles. The van der Waals surface area contributed by atoms with E-state index in [0.29, 0.717) is 35.1 Å². The molecule has 1 heterocycles. The summed E-state index contributed by atoms with van der Waals surface area (Å²) < 4.78 is 13.4. The quantitative estimate of drug-likeness (QED) is 0.806.